The number of halogens is 1. The smallest absolute Gasteiger partial charge is 0.258 e. The molecule has 3 rings (SSSR count). The average Bonchev–Trinajstić information content (AvgIpc) is 3.18. The van der Waals surface area contributed by atoms with Crippen LogP contribution in [0.1, 0.15) is 16.5 Å². The molecule has 2 heterocycles. The van der Waals surface area contributed by atoms with E-state index in [1.54, 1.807) is 23.5 Å². The van der Waals surface area contributed by atoms with Gasteiger partial charge in [-0.2, -0.15) is 0 Å². The minimum atomic E-state index is -0.132. The molecule has 1 atom stereocenters. The lowest BCUT2D eigenvalue weighted by Crippen LogP contribution is -2.44. The Morgan fingerprint density at radius 1 is 1.38 bits per heavy atom. The van der Waals surface area contributed by atoms with Gasteiger partial charge in [0.05, 0.1) is 19.3 Å². The average molecular weight is 395 g/mol. The molecule has 1 aromatic carbocycles. The molecule has 0 saturated carbocycles. The molecule has 0 bridgehead atoms. The van der Waals surface area contributed by atoms with E-state index in [-0.39, 0.29) is 18.6 Å². The summed E-state index contributed by atoms with van der Waals surface area (Å²) in [4.78, 5) is 15.8. The van der Waals surface area contributed by atoms with Crippen molar-refractivity contribution in [3.63, 3.8) is 0 Å². The van der Waals surface area contributed by atoms with E-state index in [1.165, 1.54) is 4.88 Å². The number of nitrogens with one attached hydrogen (secondary N) is 1. The Labute approximate surface area is 162 Å². The van der Waals surface area contributed by atoms with Crippen LogP contribution in [-0.2, 0) is 9.53 Å². The highest BCUT2D eigenvalue weighted by Crippen LogP contribution is 2.25. The lowest BCUT2D eigenvalue weighted by atomic mass is 10.2. The number of nitrogens with zero attached hydrogens (tertiary/aromatic N) is 1. The first-order valence-corrected chi connectivity index (χ1v) is 9.90. The van der Waals surface area contributed by atoms with Crippen LogP contribution >= 0.6 is 22.9 Å². The van der Waals surface area contributed by atoms with Gasteiger partial charge in [0.2, 0.25) is 0 Å². The van der Waals surface area contributed by atoms with Gasteiger partial charge in [-0.1, -0.05) is 17.7 Å². The summed E-state index contributed by atoms with van der Waals surface area (Å²) < 4.78 is 11.0. The first-order valence-electron chi connectivity index (χ1n) is 8.64. The van der Waals surface area contributed by atoms with Crippen LogP contribution in [0.2, 0.25) is 5.02 Å². The molecule has 0 spiro atoms. The van der Waals surface area contributed by atoms with Gasteiger partial charge in [-0.3, -0.25) is 9.69 Å². The fourth-order valence-corrected chi connectivity index (χ4v) is 3.88. The van der Waals surface area contributed by atoms with Crippen molar-refractivity contribution in [2.45, 2.75) is 13.0 Å². The van der Waals surface area contributed by atoms with E-state index in [0.717, 1.165) is 31.9 Å². The zero-order chi connectivity index (χ0) is 18.4. The molecule has 1 amide bonds. The lowest BCUT2D eigenvalue weighted by Gasteiger charge is -2.34. The summed E-state index contributed by atoms with van der Waals surface area (Å²) in [7, 11) is 0. The van der Waals surface area contributed by atoms with Gasteiger partial charge < -0.3 is 14.8 Å². The van der Waals surface area contributed by atoms with Crippen molar-refractivity contribution < 1.29 is 14.3 Å². The van der Waals surface area contributed by atoms with Crippen LogP contribution in [-0.4, -0.2) is 50.3 Å². The fraction of sp³-hybridized carbons (Fsp3) is 0.421. The van der Waals surface area contributed by atoms with Gasteiger partial charge in [0.15, 0.2) is 6.61 Å². The minimum absolute atomic E-state index is 0.0126. The van der Waals surface area contributed by atoms with Gasteiger partial charge in [-0.15, -0.1) is 11.3 Å². The number of aryl methyl sites for hydroxylation is 1. The van der Waals surface area contributed by atoms with Gasteiger partial charge in [0.25, 0.3) is 5.91 Å². The first kappa shape index (κ1) is 19.2. The van der Waals surface area contributed by atoms with Crippen LogP contribution in [0.3, 0.4) is 0 Å². The van der Waals surface area contributed by atoms with E-state index in [1.807, 2.05) is 19.1 Å². The molecule has 1 aliphatic heterocycles. The molecule has 5 nitrogen and oxygen atoms in total. The molecule has 0 aliphatic carbocycles. The molecule has 2 aromatic rings. The van der Waals surface area contributed by atoms with Crippen LogP contribution in [0.25, 0.3) is 0 Å². The van der Waals surface area contributed by atoms with Crippen molar-refractivity contribution in [3.05, 3.63) is 51.2 Å². The maximum absolute atomic E-state index is 12.2. The lowest BCUT2D eigenvalue weighted by molar-refractivity contribution is -0.123. The van der Waals surface area contributed by atoms with Crippen LogP contribution in [0.15, 0.2) is 35.7 Å². The number of morpholine rings is 1. The largest absolute Gasteiger partial charge is 0.484 e. The van der Waals surface area contributed by atoms with E-state index in [4.69, 9.17) is 21.1 Å². The number of hydrogen-bond donors (Lipinski definition) is 1. The third-order valence-electron chi connectivity index (χ3n) is 4.35. The predicted molar refractivity (Wildman–Crippen MR) is 104 cm³/mol. The Bertz CT molecular complexity index is 718. The monoisotopic (exact) mass is 394 g/mol. The highest BCUT2D eigenvalue weighted by atomic mass is 35.5. The Hall–Kier alpha value is -1.60. The molecule has 0 radical (unpaired) electrons. The molecular weight excluding hydrogens is 372 g/mol. The Balaban J connectivity index is 1.52. The van der Waals surface area contributed by atoms with Crippen LogP contribution in [0, 0.1) is 6.92 Å². The van der Waals surface area contributed by atoms with Crippen molar-refractivity contribution in [1.29, 1.82) is 0 Å². The van der Waals surface area contributed by atoms with E-state index in [2.05, 4.69) is 21.7 Å². The highest BCUT2D eigenvalue weighted by Gasteiger charge is 2.23. The minimum Gasteiger partial charge on any atom is -0.484 e. The highest BCUT2D eigenvalue weighted by molar-refractivity contribution is 7.10. The van der Waals surface area contributed by atoms with Crippen molar-refractivity contribution in [3.8, 4) is 5.75 Å². The van der Waals surface area contributed by atoms with E-state index >= 15 is 0 Å². The van der Waals surface area contributed by atoms with E-state index in [9.17, 15) is 4.79 Å². The number of carbonyl (C=O) groups is 1. The van der Waals surface area contributed by atoms with Gasteiger partial charge in [0, 0.05) is 29.5 Å². The standard InChI is InChI=1S/C19H23ClN2O3S/c1-14-11-15(4-5-16(14)20)25-13-19(23)21-12-17(18-3-2-10-26-18)22-6-8-24-9-7-22/h2-5,10-11,17H,6-9,12-13H2,1H3,(H,21,23)/t17-/m0/s1. The molecular formula is C19H23ClN2O3S. The molecule has 7 heteroatoms. The Morgan fingerprint density at radius 3 is 2.88 bits per heavy atom. The van der Waals surface area contributed by atoms with Crippen LogP contribution in [0.5, 0.6) is 5.75 Å². The Kier molecular flexibility index (Phi) is 6.91. The zero-order valence-electron chi connectivity index (χ0n) is 14.7. The second-order valence-electron chi connectivity index (χ2n) is 6.18. The summed E-state index contributed by atoms with van der Waals surface area (Å²) in [5, 5.41) is 5.75. The number of thiophene rings is 1. The Morgan fingerprint density at radius 2 is 2.19 bits per heavy atom. The SMILES string of the molecule is Cc1cc(OCC(=O)NC[C@@H](c2cccs2)N2CCOCC2)ccc1Cl. The van der Waals surface area contributed by atoms with Crippen molar-refractivity contribution >= 4 is 28.8 Å². The number of benzene rings is 1. The molecule has 1 saturated heterocycles. The molecule has 0 unspecified atom stereocenters. The summed E-state index contributed by atoms with van der Waals surface area (Å²) in [6.07, 6.45) is 0. The quantitative estimate of drug-likeness (QED) is 0.783. The number of hydrogen-bond acceptors (Lipinski definition) is 5. The third-order valence-corrected chi connectivity index (χ3v) is 5.75. The van der Waals surface area contributed by atoms with Gasteiger partial charge in [-0.05, 0) is 42.1 Å². The van der Waals surface area contributed by atoms with E-state index in [0.29, 0.717) is 17.3 Å². The first-order chi connectivity index (χ1) is 12.6. The summed E-state index contributed by atoms with van der Waals surface area (Å²) >= 11 is 7.72. The number of ether oxygens (including phenoxy) is 2. The number of carbonyl (C=O) groups excluding carboxylic acids is 1. The number of rotatable bonds is 7. The van der Waals surface area contributed by atoms with Crippen LogP contribution in [0.4, 0.5) is 0 Å². The predicted octanol–water partition coefficient (Wildman–Crippen LogP) is 3.28. The summed E-state index contributed by atoms with van der Waals surface area (Å²) in [5.74, 6) is 0.512. The molecule has 1 aromatic heterocycles. The molecule has 26 heavy (non-hydrogen) atoms. The maximum atomic E-state index is 12.2. The van der Waals surface area contributed by atoms with Gasteiger partial charge in [0.1, 0.15) is 5.75 Å². The second kappa shape index (κ2) is 9.37. The molecule has 1 N–H and O–H groups in total. The summed E-state index contributed by atoms with van der Waals surface area (Å²) in [6, 6.07) is 9.70. The zero-order valence-corrected chi connectivity index (χ0v) is 16.3. The number of amides is 1. The molecule has 1 fully saturated rings. The van der Waals surface area contributed by atoms with E-state index < -0.39 is 0 Å². The third kappa shape index (κ3) is 5.20. The van der Waals surface area contributed by atoms with Crippen molar-refractivity contribution in [1.82, 2.24) is 10.2 Å². The van der Waals surface area contributed by atoms with Crippen molar-refractivity contribution in [2.24, 2.45) is 0 Å². The fourth-order valence-electron chi connectivity index (χ4n) is 2.90. The summed E-state index contributed by atoms with van der Waals surface area (Å²) in [6.45, 7) is 5.66. The second-order valence-corrected chi connectivity index (χ2v) is 7.57. The van der Waals surface area contributed by atoms with Gasteiger partial charge in [-0.25, -0.2) is 0 Å². The molecule has 140 valence electrons. The normalized spacial score (nSPS) is 16.2. The van der Waals surface area contributed by atoms with Crippen LogP contribution < -0.4 is 10.1 Å². The van der Waals surface area contributed by atoms with Gasteiger partial charge >= 0.3 is 0 Å². The van der Waals surface area contributed by atoms with Crippen molar-refractivity contribution in [2.75, 3.05) is 39.5 Å². The topological polar surface area (TPSA) is 50.8 Å². The maximum Gasteiger partial charge on any atom is 0.258 e. The molecule has 1 aliphatic rings. The summed E-state index contributed by atoms with van der Waals surface area (Å²) in [5.41, 5.74) is 0.926.